The Labute approximate surface area is 312 Å². The predicted molar refractivity (Wildman–Crippen MR) is 211 cm³/mol. The third-order valence-corrected chi connectivity index (χ3v) is 9.79. The fourth-order valence-electron chi connectivity index (χ4n) is 5.68. The highest BCUT2D eigenvalue weighted by atomic mass is 31.2. The monoisotopic (exact) mass is 744 g/mol. The molecular weight excluding hydrogens is 665 g/mol. The zero-order chi connectivity index (χ0) is 37.5. The lowest BCUT2D eigenvalue weighted by Gasteiger charge is -2.19. The van der Waals surface area contributed by atoms with Crippen molar-refractivity contribution in [2.45, 2.75) is 200 Å². The smallest absolute Gasteiger partial charge is 0.462 e. The van der Waals surface area contributed by atoms with Gasteiger partial charge in [0.1, 0.15) is 6.61 Å². The minimum absolute atomic E-state index is 0.0524. The number of unbranched alkanes of at least 4 members (excludes halogenated alkanes) is 22. The van der Waals surface area contributed by atoms with Crippen molar-refractivity contribution in [1.82, 2.24) is 0 Å². The fourth-order valence-corrected chi connectivity index (χ4v) is 6.45. The molecular formula is C41H78NO8P. The average Bonchev–Trinajstić information content (AvgIpc) is 3.11. The first-order valence-electron chi connectivity index (χ1n) is 20.8. The summed E-state index contributed by atoms with van der Waals surface area (Å²) in [5.74, 6) is -0.840. The van der Waals surface area contributed by atoms with Gasteiger partial charge in [-0.3, -0.25) is 18.6 Å². The van der Waals surface area contributed by atoms with E-state index < -0.39 is 26.5 Å². The maximum Gasteiger partial charge on any atom is 0.472 e. The molecule has 0 radical (unpaired) electrons. The third kappa shape index (κ3) is 38.0. The van der Waals surface area contributed by atoms with E-state index in [-0.39, 0.29) is 38.6 Å². The Morgan fingerprint density at radius 3 is 1.41 bits per heavy atom. The molecule has 0 aliphatic heterocycles. The molecule has 1 unspecified atom stereocenters. The highest BCUT2D eigenvalue weighted by molar-refractivity contribution is 7.47. The Morgan fingerprint density at radius 2 is 0.961 bits per heavy atom. The number of nitrogens with two attached hydrogens (primary N) is 1. The summed E-state index contributed by atoms with van der Waals surface area (Å²) in [6, 6.07) is 0. The second kappa shape index (κ2) is 38.2. The Kier molecular flexibility index (Phi) is 37.1. The number of phosphoric ester groups is 1. The highest BCUT2D eigenvalue weighted by Crippen LogP contribution is 2.43. The summed E-state index contributed by atoms with van der Waals surface area (Å²) in [6.45, 7) is 3.70. The number of carbonyl (C=O) groups excluding carboxylic acids is 2. The van der Waals surface area contributed by atoms with E-state index in [1.807, 2.05) is 0 Å². The van der Waals surface area contributed by atoms with Crippen LogP contribution in [0, 0.1) is 0 Å². The van der Waals surface area contributed by atoms with Gasteiger partial charge in [0, 0.05) is 19.4 Å². The summed E-state index contributed by atoms with van der Waals surface area (Å²) in [5, 5.41) is 0. The van der Waals surface area contributed by atoms with E-state index in [1.54, 1.807) is 0 Å². The molecule has 0 saturated heterocycles. The number of esters is 2. The van der Waals surface area contributed by atoms with Crippen LogP contribution in [0.5, 0.6) is 0 Å². The molecule has 0 aliphatic carbocycles. The Morgan fingerprint density at radius 1 is 0.569 bits per heavy atom. The van der Waals surface area contributed by atoms with Gasteiger partial charge in [-0.2, -0.15) is 0 Å². The van der Waals surface area contributed by atoms with Gasteiger partial charge in [0.15, 0.2) is 6.10 Å². The SMILES string of the molecule is CCCCCCC=CCCCCCCCCCC(=O)OC[C@H](COP(=O)(O)OCCN)OC(=O)CCCCCCCC=CCCCCCCCC. The van der Waals surface area contributed by atoms with E-state index in [4.69, 9.17) is 24.3 Å². The highest BCUT2D eigenvalue weighted by Gasteiger charge is 2.26. The first kappa shape index (κ1) is 49.5. The molecule has 0 aromatic heterocycles. The zero-order valence-corrected chi connectivity index (χ0v) is 33.7. The topological polar surface area (TPSA) is 134 Å². The Balaban J connectivity index is 4.19. The molecule has 0 saturated carbocycles. The molecule has 0 heterocycles. The normalized spacial score (nSPS) is 13.6. The van der Waals surface area contributed by atoms with Crippen molar-refractivity contribution >= 4 is 19.8 Å². The van der Waals surface area contributed by atoms with E-state index in [0.29, 0.717) is 6.42 Å². The van der Waals surface area contributed by atoms with Crippen LogP contribution in [-0.4, -0.2) is 49.3 Å². The number of allylic oxidation sites excluding steroid dienone is 4. The second-order valence-corrected chi connectivity index (χ2v) is 15.3. The van der Waals surface area contributed by atoms with Crippen LogP contribution in [0.1, 0.15) is 194 Å². The fraction of sp³-hybridized carbons (Fsp3) is 0.854. The molecule has 0 aromatic rings. The molecule has 10 heteroatoms. The lowest BCUT2D eigenvalue weighted by molar-refractivity contribution is -0.161. The molecule has 3 N–H and O–H groups in total. The summed E-state index contributed by atoms with van der Waals surface area (Å²) in [4.78, 5) is 34.8. The van der Waals surface area contributed by atoms with Gasteiger partial charge in [0.2, 0.25) is 0 Å². The van der Waals surface area contributed by atoms with Crippen LogP contribution < -0.4 is 5.73 Å². The van der Waals surface area contributed by atoms with Crippen molar-refractivity contribution in [3.63, 3.8) is 0 Å². The van der Waals surface area contributed by atoms with Crippen molar-refractivity contribution in [3.8, 4) is 0 Å². The number of carbonyl (C=O) groups is 2. The number of hydrogen-bond donors (Lipinski definition) is 2. The average molecular weight is 744 g/mol. The Hall–Kier alpha value is -1.51. The lowest BCUT2D eigenvalue weighted by Crippen LogP contribution is -2.29. The predicted octanol–water partition coefficient (Wildman–Crippen LogP) is 11.6. The molecule has 0 spiro atoms. The van der Waals surface area contributed by atoms with E-state index in [1.165, 1.54) is 96.3 Å². The number of phosphoric acid groups is 1. The lowest BCUT2D eigenvalue weighted by atomic mass is 10.1. The Bertz CT molecular complexity index is 897. The molecule has 51 heavy (non-hydrogen) atoms. The number of rotatable bonds is 39. The van der Waals surface area contributed by atoms with Crippen LogP contribution in [-0.2, 0) is 32.7 Å². The number of ether oxygens (including phenoxy) is 2. The van der Waals surface area contributed by atoms with Gasteiger partial charge in [0.05, 0.1) is 13.2 Å². The summed E-state index contributed by atoms with van der Waals surface area (Å²) in [7, 11) is -4.37. The van der Waals surface area contributed by atoms with Crippen LogP contribution in [0.25, 0.3) is 0 Å². The van der Waals surface area contributed by atoms with Crippen LogP contribution in [0.15, 0.2) is 24.3 Å². The molecule has 0 fully saturated rings. The van der Waals surface area contributed by atoms with Gasteiger partial charge < -0.3 is 20.1 Å². The zero-order valence-electron chi connectivity index (χ0n) is 32.8. The molecule has 2 atom stereocenters. The summed E-state index contributed by atoms with van der Waals surface area (Å²) >= 11 is 0. The number of hydrogen-bond acceptors (Lipinski definition) is 8. The van der Waals surface area contributed by atoms with E-state index >= 15 is 0 Å². The largest absolute Gasteiger partial charge is 0.472 e. The minimum atomic E-state index is -4.37. The van der Waals surface area contributed by atoms with Crippen LogP contribution in [0.2, 0.25) is 0 Å². The van der Waals surface area contributed by atoms with Crippen LogP contribution in [0.4, 0.5) is 0 Å². The molecule has 0 bridgehead atoms. The molecule has 0 aromatic carbocycles. The van der Waals surface area contributed by atoms with Crippen molar-refractivity contribution < 1.29 is 37.6 Å². The molecule has 0 amide bonds. The van der Waals surface area contributed by atoms with Crippen molar-refractivity contribution in [2.24, 2.45) is 5.73 Å². The van der Waals surface area contributed by atoms with Gasteiger partial charge >= 0.3 is 19.8 Å². The molecule has 300 valence electrons. The third-order valence-electron chi connectivity index (χ3n) is 8.81. The standard InChI is InChI=1S/C41H78NO8P/c1-3-5-7-9-11-13-15-17-19-21-23-25-27-29-31-33-40(43)47-37-39(38-49-51(45,46)48-36-35-42)50-41(44)34-32-30-28-26-24-22-20-18-16-14-12-10-8-6-4-2/h13,15,18,20,39H,3-12,14,16-17,19,21-38,42H2,1-2H3,(H,45,46)/t39-/m1/s1. The van der Waals surface area contributed by atoms with Crippen LogP contribution >= 0.6 is 7.82 Å². The first-order chi connectivity index (χ1) is 24.8. The molecule has 0 rings (SSSR count). The quantitative estimate of drug-likeness (QED) is 0.0273. The van der Waals surface area contributed by atoms with Crippen molar-refractivity contribution in [1.29, 1.82) is 0 Å². The molecule has 0 aliphatic rings. The van der Waals surface area contributed by atoms with Gasteiger partial charge in [0.25, 0.3) is 0 Å². The van der Waals surface area contributed by atoms with E-state index in [0.717, 1.165) is 64.2 Å². The van der Waals surface area contributed by atoms with Crippen LogP contribution in [0.3, 0.4) is 0 Å². The van der Waals surface area contributed by atoms with Crippen molar-refractivity contribution in [2.75, 3.05) is 26.4 Å². The molecule has 9 nitrogen and oxygen atoms in total. The maximum absolute atomic E-state index is 12.5. The summed E-state index contributed by atoms with van der Waals surface area (Å²) in [6.07, 6.45) is 39.1. The minimum Gasteiger partial charge on any atom is -0.462 e. The van der Waals surface area contributed by atoms with Gasteiger partial charge in [-0.05, 0) is 64.2 Å². The summed E-state index contributed by atoms with van der Waals surface area (Å²) < 4.78 is 32.7. The first-order valence-corrected chi connectivity index (χ1v) is 22.3. The summed E-state index contributed by atoms with van der Waals surface area (Å²) in [5.41, 5.74) is 5.34. The van der Waals surface area contributed by atoms with E-state index in [9.17, 15) is 19.0 Å². The van der Waals surface area contributed by atoms with E-state index in [2.05, 4.69) is 38.2 Å². The second-order valence-electron chi connectivity index (χ2n) is 13.8. The van der Waals surface area contributed by atoms with Gasteiger partial charge in [-0.15, -0.1) is 0 Å². The van der Waals surface area contributed by atoms with Gasteiger partial charge in [-0.1, -0.05) is 141 Å². The van der Waals surface area contributed by atoms with Crippen molar-refractivity contribution in [3.05, 3.63) is 24.3 Å². The van der Waals surface area contributed by atoms with Gasteiger partial charge in [-0.25, -0.2) is 4.57 Å². The maximum atomic E-state index is 12.5.